The van der Waals surface area contributed by atoms with Crippen molar-refractivity contribution in [1.29, 1.82) is 0 Å². The molecule has 2 aromatic carbocycles. The van der Waals surface area contributed by atoms with E-state index in [1.807, 2.05) is 34.9 Å². The summed E-state index contributed by atoms with van der Waals surface area (Å²) in [5.74, 6) is 0.950. The molecule has 0 atom stereocenters. The van der Waals surface area contributed by atoms with Crippen molar-refractivity contribution in [1.82, 2.24) is 19.7 Å². The van der Waals surface area contributed by atoms with Gasteiger partial charge in [0.25, 0.3) is 0 Å². The largest absolute Gasteiger partial charge is 0.379 e. The van der Waals surface area contributed by atoms with Gasteiger partial charge in [0.2, 0.25) is 0 Å². The van der Waals surface area contributed by atoms with Crippen molar-refractivity contribution in [3.05, 3.63) is 70.0 Å². The second-order valence-corrected chi connectivity index (χ2v) is 8.58. The number of carbonyl (C=O) groups excluding carboxylic acids is 1. The Morgan fingerprint density at radius 2 is 1.83 bits per heavy atom. The van der Waals surface area contributed by atoms with Crippen molar-refractivity contribution in [2.75, 3.05) is 32.1 Å². The normalized spacial score (nSPS) is 14.7. The van der Waals surface area contributed by atoms with Gasteiger partial charge in [0.05, 0.1) is 30.5 Å². The maximum atomic E-state index is 12.7. The second kappa shape index (κ2) is 9.94. The number of benzene rings is 2. The van der Waals surface area contributed by atoms with Crippen LogP contribution in [0.2, 0.25) is 10.0 Å². The van der Waals surface area contributed by atoms with Crippen LogP contribution >= 0.6 is 35.0 Å². The van der Waals surface area contributed by atoms with E-state index < -0.39 is 0 Å². The van der Waals surface area contributed by atoms with Crippen molar-refractivity contribution < 1.29 is 9.53 Å². The zero-order valence-corrected chi connectivity index (χ0v) is 18.5. The number of thioether (sulfide) groups is 1. The number of halogens is 2. The Kier molecular flexibility index (Phi) is 7.07. The van der Waals surface area contributed by atoms with Crippen molar-refractivity contribution >= 4 is 40.7 Å². The predicted octanol–water partition coefficient (Wildman–Crippen LogP) is 4.38. The highest BCUT2D eigenvalue weighted by Crippen LogP contribution is 2.26. The van der Waals surface area contributed by atoms with Crippen LogP contribution in [0.25, 0.3) is 5.69 Å². The summed E-state index contributed by atoms with van der Waals surface area (Å²) in [6.45, 7) is 3.83. The third-order valence-electron chi connectivity index (χ3n) is 4.75. The average molecular weight is 463 g/mol. The lowest BCUT2D eigenvalue weighted by Gasteiger charge is -2.26. The van der Waals surface area contributed by atoms with Crippen LogP contribution in [0, 0.1) is 0 Å². The molecule has 0 aliphatic carbocycles. The molecule has 0 spiro atoms. The molecule has 9 heteroatoms. The molecule has 0 radical (unpaired) electrons. The first-order chi connectivity index (χ1) is 14.6. The molecule has 0 saturated carbocycles. The minimum absolute atomic E-state index is 0.0843. The van der Waals surface area contributed by atoms with E-state index in [1.54, 1.807) is 18.2 Å². The lowest BCUT2D eigenvalue weighted by atomic mass is 10.1. The highest BCUT2D eigenvalue weighted by Gasteiger charge is 2.20. The van der Waals surface area contributed by atoms with Crippen molar-refractivity contribution in [3.63, 3.8) is 0 Å². The number of Topliss-reactive ketones (excluding diaryl/α,β-unsaturated/α-hetero) is 1. The maximum absolute atomic E-state index is 12.7. The zero-order valence-electron chi connectivity index (χ0n) is 16.1. The topological polar surface area (TPSA) is 60.3 Å². The SMILES string of the molecule is O=C(CSc1nnc(CN2CCOCC2)n1-c1ccccc1)c1ccc(Cl)cc1Cl. The fourth-order valence-electron chi connectivity index (χ4n) is 3.22. The summed E-state index contributed by atoms with van der Waals surface area (Å²) in [5.41, 5.74) is 1.41. The maximum Gasteiger partial charge on any atom is 0.196 e. The summed E-state index contributed by atoms with van der Waals surface area (Å²) in [5, 5.41) is 10.3. The van der Waals surface area contributed by atoms with E-state index >= 15 is 0 Å². The molecule has 1 saturated heterocycles. The minimum atomic E-state index is -0.0843. The average Bonchev–Trinajstić information content (AvgIpc) is 3.15. The zero-order chi connectivity index (χ0) is 20.9. The van der Waals surface area contributed by atoms with Crippen LogP contribution in [-0.2, 0) is 11.3 Å². The Morgan fingerprint density at radius 3 is 2.57 bits per heavy atom. The van der Waals surface area contributed by atoms with Crippen LogP contribution in [0.5, 0.6) is 0 Å². The van der Waals surface area contributed by atoms with Crippen molar-refractivity contribution in [2.24, 2.45) is 0 Å². The van der Waals surface area contributed by atoms with Gasteiger partial charge in [-0.05, 0) is 30.3 Å². The van der Waals surface area contributed by atoms with E-state index in [9.17, 15) is 4.79 Å². The van der Waals surface area contributed by atoms with Crippen LogP contribution < -0.4 is 0 Å². The quantitative estimate of drug-likeness (QED) is 0.383. The summed E-state index contributed by atoms with van der Waals surface area (Å²) in [6, 6.07) is 14.8. The van der Waals surface area contributed by atoms with E-state index in [-0.39, 0.29) is 11.5 Å². The smallest absolute Gasteiger partial charge is 0.196 e. The molecule has 3 aromatic rings. The van der Waals surface area contributed by atoms with Gasteiger partial charge < -0.3 is 4.74 Å². The first kappa shape index (κ1) is 21.3. The van der Waals surface area contributed by atoms with E-state index in [0.717, 1.165) is 37.8 Å². The van der Waals surface area contributed by atoms with Gasteiger partial charge in [0.15, 0.2) is 16.8 Å². The molecule has 4 rings (SSSR count). The minimum Gasteiger partial charge on any atom is -0.379 e. The fraction of sp³-hybridized carbons (Fsp3) is 0.286. The number of hydrogen-bond donors (Lipinski definition) is 0. The van der Waals surface area contributed by atoms with Gasteiger partial charge >= 0.3 is 0 Å². The van der Waals surface area contributed by atoms with Crippen molar-refractivity contribution in [3.8, 4) is 5.69 Å². The Labute approximate surface area is 189 Å². The number of para-hydroxylation sites is 1. The monoisotopic (exact) mass is 462 g/mol. The number of rotatable bonds is 7. The highest BCUT2D eigenvalue weighted by molar-refractivity contribution is 7.99. The molecule has 1 aromatic heterocycles. The molecule has 0 unspecified atom stereocenters. The Morgan fingerprint density at radius 1 is 1.07 bits per heavy atom. The Bertz CT molecular complexity index is 1020. The molecule has 156 valence electrons. The molecule has 0 bridgehead atoms. The number of ether oxygens (including phenoxy) is 1. The van der Waals surface area contributed by atoms with Gasteiger partial charge in [0.1, 0.15) is 0 Å². The van der Waals surface area contributed by atoms with Crippen LogP contribution in [-0.4, -0.2) is 57.5 Å². The number of ketones is 1. The number of hydrogen-bond acceptors (Lipinski definition) is 6. The summed E-state index contributed by atoms with van der Waals surface area (Å²) < 4.78 is 7.45. The van der Waals surface area contributed by atoms with Gasteiger partial charge in [-0.25, -0.2) is 0 Å². The summed E-state index contributed by atoms with van der Waals surface area (Å²) in [7, 11) is 0. The molecule has 2 heterocycles. The van der Waals surface area contributed by atoms with Gasteiger partial charge in [0, 0.05) is 29.4 Å². The molecule has 0 amide bonds. The molecule has 1 fully saturated rings. The van der Waals surface area contributed by atoms with Gasteiger partial charge in [-0.3, -0.25) is 14.3 Å². The number of morpholine rings is 1. The lowest BCUT2D eigenvalue weighted by molar-refractivity contribution is 0.0328. The van der Waals surface area contributed by atoms with Crippen LogP contribution in [0.15, 0.2) is 53.7 Å². The van der Waals surface area contributed by atoms with Crippen LogP contribution in [0.4, 0.5) is 0 Å². The molecular formula is C21H20Cl2N4O2S. The second-order valence-electron chi connectivity index (χ2n) is 6.79. The first-order valence-electron chi connectivity index (χ1n) is 9.52. The molecule has 30 heavy (non-hydrogen) atoms. The lowest BCUT2D eigenvalue weighted by Crippen LogP contribution is -2.36. The third kappa shape index (κ3) is 5.04. The third-order valence-corrected chi connectivity index (χ3v) is 6.22. The molecule has 1 aliphatic rings. The summed E-state index contributed by atoms with van der Waals surface area (Å²) in [6.07, 6.45) is 0. The molecule has 1 aliphatic heterocycles. The van der Waals surface area contributed by atoms with E-state index in [1.165, 1.54) is 11.8 Å². The molecular weight excluding hydrogens is 443 g/mol. The Hall–Kier alpha value is -1.90. The summed E-state index contributed by atoms with van der Waals surface area (Å²) in [4.78, 5) is 15.0. The van der Waals surface area contributed by atoms with E-state index in [2.05, 4.69) is 15.1 Å². The van der Waals surface area contributed by atoms with Crippen LogP contribution in [0.1, 0.15) is 16.2 Å². The predicted molar refractivity (Wildman–Crippen MR) is 119 cm³/mol. The van der Waals surface area contributed by atoms with Crippen LogP contribution in [0.3, 0.4) is 0 Å². The highest BCUT2D eigenvalue weighted by atomic mass is 35.5. The molecule has 6 nitrogen and oxygen atoms in total. The number of aromatic nitrogens is 3. The Balaban J connectivity index is 1.55. The van der Waals surface area contributed by atoms with Gasteiger partial charge in [-0.2, -0.15) is 0 Å². The number of nitrogens with zero attached hydrogens (tertiary/aromatic N) is 4. The van der Waals surface area contributed by atoms with Gasteiger partial charge in [-0.15, -0.1) is 10.2 Å². The fourth-order valence-corrected chi connectivity index (χ4v) is 4.58. The van der Waals surface area contributed by atoms with E-state index in [0.29, 0.717) is 27.3 Å². The van der Waals surface area contributed by atoms with Gasteiger partial charge in [-0.1, -0.05) is 53.2 Å². The molecule has 0 N–H and O–H groups in total. The first-order valence-corrected chi connectivity index (χ1v) is 11.3. The van der Waals surface area contributed by atoms with Crippen molar-refractivity contribution in [2.45, 2.75) is 11.7 Å². The standard InChI is InChI=1S/C21H20Cl2N4O2S/c22-15-6-7-17(18(23)12-15)19(28)14-30-21-25-24-20(13-26-8-10-29-11-9-26)27(21)16-4-2-1-3-5-16/h1-7,12H,8-11,13-14H2. The number of carbonyl (C=O) groups is 1. The summed E-state index contributed by atoms with van der Waals surface area (Å²) >= 11 is 13.5. The van der Waals surface area contributed by atoms with E-state index in [4.69, 9.17) is 27.9 Å².